The van der Waals surface area contributed by atoms with Crippen molar-refractivity contribution in [1.82, 2.24) is 9.80 Å². The Balaban J connectivity index is 1.58. The summed E-state index contributed by atoms with van der Waals surface area (Å²) in [5, 5.41) is 0. The summed E-state index contributed by atoms with van der Waals surface area (Å²) in [6.07, 6.45) is -0.0775. The summed E-state index contributed by atoms with van der Waals surface area (Å²) >= 11 is 0. The van der Waals surface area contributed by atoms with Crippen molar-refractivity contribution in [2.24, 2.45) is 0 Å². The third kappa shape index (κ3) is 7.05. The van der Waals surface area contributed by atoms with Crippen molar-refractivity contribution in [3.05, 3.63) is 71.8 Å². The topological polar surface area (TPSA) is 85.4 Å². The van der Waals surface area contributed by atoms with Crippen molar-refractivity contribution in [2.45, 2.75) is 45.1 Å². The summed E-state index contributed by atoms with van der Waals surface area (Å²) in [4.78, 5) is 41.2. The van der Waals surface area contributed by atoms with Crippen LogP contribution in [-0.2, 0) is 37.0 Å². The molecule has 0 spiro atoms. The van der Waals surface area contributed by atoms with Crippen LogP contribution in [0.1, 0.15) is 30.9 Å². The van der Waals surface area contributed by atoms with E-state index in [0.717, 1.165) is 11.1 Å². The highest BCUT2D eigenvalue weighted by atomic mass is 16.6. The van der Waals surface area contributed by atoms with Crippen LogP contribution in [-0.4, -0.2) is 66.7 Å². The van der Waals surface area contributed by atoms with Gasteiger partial charge < -0.3 is 24.0 Å². The van der Waals surface area contributed by atoms with Crippen LogP contribution >= 0.6 is 0 Å². The number of carbonyl (C=O) groups is 3. The molecule has 1 fully saturated rings. The number of ether oxygens (including phenoxy) is 3. The second kappa shape index (κ2) is 12.7. The summed E-state index contributed by atoms with van der Waals surface area (Å²) in [6, 6.07) is 18.0. The molecule has 3 rings (SSSR count). The average Bonchev–Trinajstić information content (AvgIpc) is 3.01. The fraction of sp³-hybridized carbons (Fsp3) is 0.423. The summed E-state index contributed by atoms with van der Waals surface area (Å²) in [5.74, 6) is -0.701. The third-order valence-corrected chi connectivity index (χ3v) is 5.82. The molecule has 0 aliphatic carbocycles. The predicted molar refractivity (Wildman–Crippen MR) is 126 cm³/mol. The maximum Gasteiger partial charge on any atom is 0.410 e. The zero-order chi connectivity index (χ0) is 24.3. The zero-order valence-corrected chi connectivity index (χ0v) is 19.7. The highest BCUT2D eigenvalue weighted by Crippen LogP contribution is 2.18. The van der Waals surface area contributed by atoms with Gasteiger partial charge in [0.1, 0.15) is 12.6 Å². The van der Waals surface area contributed by atoms with Gasteiger partial charge in [0, 0.05) is 38.6 Å². The highest BCUT2D eigenvalue weighted by molar-refractivity contribution is 5.85. The maximum absolute atomic E-state index is 12.9. The van der Waals surface area contributed by atoms with Gasteiger partial charge in [-0.1, -0.05) is 60.7 Å². The van der Waals surface area contributed by atoms with E-state index in [9.17, 15) is 14.4 Å². The summed E-state index contributed by atoms with van der Waals surface area (Å²) < 4.78 is 16.2. The molecule has 0 aromatic heterocycles. The van der Waals surface area contributed by atoms with Gasteiger partial charge in [0.15, 0.2) is 0 Å². The third-order valence-electron chi connectivity index (χ3n) is 5.82. The molecule has 1 saturated heterocycles. The zero-order valence-electron chi connectivity index (χ0n) is 19.7. The van der Waals surface area contributed by atoms with Crippen molar-refractivity contribution in [3.63, 3.8) is 0 Å². The number of carbonyl (C=O) groups excluding carboxylic acids is 3. The van der Waals surface area contributed by atoms with Crippen molar-refractivity contribution in [2.75, 3.05) is 26.8 Å². The first-order chi connectivity index (χ1) is 16.5. The molecule has 0 bridgehead atoms. The molecule has 1 aliphatic heterocycles. The lowest BCUT2D eigenvalue weighted by atomic mass is 10.1. The molecule has 0 radical (unpaired) electrons. The lowest BCUT2D eigenvalue weighted by Crippen LogP contribution is -2.50. The molecule has 1 aliphatic rings. The molecular weight excluding hydrogens is 436 g/mol. The number of amides is 2. The van der Waals surface area contributed by atoms with Gasteiger partial charge in [-0.05, 0) is 18.1 Å². The van der Waals surface area contributed by atoms with E-state index in [-0.39, 0.29) is 44.7 Å². The van der Waals surface area contributed by atoms with Crippen LogP contribution in [0.5, 0.6) is 0 Å². The van der Waals surface area contributed by atoms with Crippen molar-refractivity contribution in [3.8, 4) is 0 Å². The molecule has 1 unspecified atom stereocenters. The molecule has 0 saturated carbocycles. The molecule has 8 nitrogen and oxygen atoms in total. The predicted octanol–water partition coefficient (Wildman–Crippen LogP) is 3.39. The Morgan fingerprint density at radius 2 is 1.62 bits per heavy atom. The lowest BCUT2D eigenvalue weighted by molar-refractivity contribution is -0.153. The fourth-order valence-electron chi connectivity index (χ4n) is 3.94. The number of esters is 1. The normalized spacial score (nSPS) is 17.1. The number of rotatable bonds is 9. The molecule has 0 N–H and O–H groups in total. The minimum atomic E-state index is -0.781. The van der Waals surface area contributed by atoms with E-state index in [2.05, 4.69) is 0 Å². The van der Waals surface area contributed by atoms with Crippen molar-refractivity contribution < 1.29 is 28.6 Å². The Bertz CT molecular complexity index is 937. The van der Waals surface area contributed by atoms with Crippen LogP contribution in [0.4, 0.5) is 4.79 Å². The van der Waals surface area contributed by atoms with Crippen molar-refractivity contribution in [1.29, 1.82) is 0 Å². The van der Waals surface area contributed by atoms with Gasteiger partial charge in [0.05, 0.1) is 13.7 Å². The van der Waals surface area contributed by atoms with Gasteiger partial charge >= 0.3 is 12.1 Å². The first-order valence-corrected chi connectivity index (χ1v) is 11.5. The summed E-state index contributed by atoms with van der Waals surface area (Å²) in [5.41, 5.74) is 1.92. The van der Waals surface area contributed by atoms with Crippen LogP contribution in [0.2, 0.25) is 0 Å². The Hall–Kier alpha value is -3.39. The number of hydrogen-bond acceptors (Lipinski definition) is 6. The van der Waals surface area contributed by atoms with Crippen LogP contribution in [0.15, 0.2) is 60.7 Å². The summed E-state index contributed by atoms with van der Waals surface area (Å²) in [7, 11) is 1.30. The van der Waals surface area contributed by atoms with Crippen LogP contribution < -0.4 is 0 Å². The van der Waals surface area contributed by atoms with Crippen LogP contribution in [0, 0.1) is 0 Å². The quantitative estimate of drug-likeness (QED) is 0.414. The SMILES string of the molecule is COC(=O)[C@H](CCOCc1ccccc1)N1CC(C)N(C(=O)OCc2ccccc2)CCC1=O. The Kier molecular flexibility index (Phi) is 9.46. The molecule has 2 aromatic carbocycles. The molecule has 2 atom stereocenters. The van der Waals surface area contributed by atoms with Crippen LogP contribution in [0.3, 0.4) is 0 Å². The van der Waals surface area contributed by atoms with Gasteiger partial charge in [0.2, 0.25) is 5.91 Å². The average molecular weight is 469 g/mol. The fourth-order valence-corrected chi connectivity index (χ4v) is 3.94. The monoisotopic (exact) mass is 468 g/mol. The minimum Gasteiger partial charge on any atom is -0.467 e. The standard InChI is InChI=1S/C26H32N2O6/c1-20-17-28(23(25(30)32-2)14-16-33-18-21-9-5-3-6-10-21)24(29)13-15-27(20)26(31)34-19-22-11-7-4-8-12-22/h3-12,20,23H,13-19H2,1-2H3/t20?,23-/m0/s1. The lowest BCUT2D eigenvalue weighted by Gasteiger charge is -2.32. The van der Waals surface area contributed by atoms with Gasteiger partial charge in [0.25, 0.3) is 0 Å². The van der Waals surface area contributed by atoms with Gasteiger partial charge in [-0.15, -0.1) is 0 Å². The Labute approximate surface area is 200 Å². The van der Waals surface area contributed by atoms with E-state index in [4.69, 9.17) is 14.2 Å². The number of benzene rings is 2. The second-order valence-corrected chi connectivity index (χ2v) is 8.24. The molecular formula is C26H32N2O6. The molecule has 34 heavy (non-hydrogen) atoms. The van der Waals surface area contributed by atoms with E-state index in [1.54, 1.807) is 4.90 Å². The van der Waals surface area contributed by atoms with Gasteiger partial charge in [-0.2, -0.15) is 0 Å². The molecule has 2 amide bonds. The first kappa shape index (κ1) is 25.2. The molecule has 2 aromatic rings. The van der Waals surface area contributed by atoms with E-state index < -0.39 is 18.1 Å². The number of hydrogen-bond donors (Lipinski definition) is 0. The number of methoxy groups -OCH3 is 1. The Morgan fingerprint density at radius 1 is 1.00 bits per heavy atom. The maximum atomic E-state index is 12.9. The smallest absolute Gasteiger partial charge is 0.410 e. The van der Waals surface area contributed by atoms with E-state index >= 15 is 0 Å². The van der Waals surface area contributed by atoms with E-state index in [0.29, 0.717) is 13.0 Å². The largest absolute Gasteiger partial charge is 0.467 e. The highest BCUT2D eigenvalue weighted by Gasteiger charge is 2.36. The minimum absolute atomic E-state index is 0.100. The second-order valence-electron chi connectivity index (χ2n) is 8.24. The van der Waals surface area contributed by atoms with Gasteiger partial charge in [-0.25, -0.2) is 9.59 Å². The molecule has 182 valence electrons. The first-order valence-electron chi connectivity index (χ1n) is 11.5. The molecule has 8 heteroatoms. The van der Waals surface area contributed by atoms with E-state index in [1.807, 2.05) is 67.6 Å². The number of nitrogens with zero attached hydrogens (tertiary/aromatic N) is 2. The summed E-state index contributed by atoms with van der Waals surface area (Å²) in [6.45, 7) is 3.13. The van der Waals surface area contributed by atoms with Crippen LogP contribution in [0.25, 0.3) is 0 Å². The van der Waals surface area contributed by atoms with Crippen molar-refractivity contribution >= 4 is 18.0 Å². The molecule has 1 heterocycles. The van der Waals surface area contributed by atoms with Gasteiger partial charge in [-0.3, -0.25) is 4.79 Å². The van der Waals surface area contributed by atoms with E-state index in [1.165, 1.54) is 12.0 Å². The Morgan fingerprint density at radius 3 is 2.24 bits per heavy atom.